The third-order valence-electron chi connectivity index (χ3n) is 5.21. The van der Waals surface area contributed by atoms with Gasteiger partial charge in [-0.1, -0.05) is 0 Å². The normalized spacial score (nSPS) is 19.6. The van der Waals surface area contributed by atoms with E-state index in [9.17, 15) is 9.59 Å². The minimum atomic E-state index is -0.484. The van der Waals surface area contributed by atoms with Gasteiger partial charge in [0.1, 0.15) is 11.4 Å². The molecule has 156 valence electrons. The monoisotopic (exact) mass is 391 g/mol. The number of carbonyl (C=O) groups excluding carboxylic acids is 2. The summed E-state index contributed by atoms with van der Waals surface area (Å²) in [6.07, 6.45) is 4.43. The SMILES string of the molecule is COC(=O)c1cc(OC)cc(CC2CCC(NC(=O)OC(C)(C)C)CC2)c1C. The Kier molecular flexibility index (Phi) is 7.33. The Morgan fingerprint density at radius 3 is 2.29 bits per heavy atom. The number of carbonyl (C=O) groups is 2. The molecule has 1 fully saturated rings. The van der Waals surface area contributed by atoms with Crippen molar-refractivity contribution in [1.29, 1.82) is 0 Å². The molecule has 2 rings (SSSR count). The molecular formula is C22H33NO5. The van der Waals surface area contributed by atoms with E-state index in [0.29, 0.717) is 17.2 Å². The summed E-state index contributed by atoms with van der Waals surface area (Å²) >= 11 is 0. The molecule has 1 aliphatic carbocycles. The van der Waals surface area contributed by atoms with Gasteiger partial charge in [0.15, 0.2) is 0 Å². The van der Waals surface area contributed by atoms with Crippen LogP contribution in [-0.2, 0) is 15.9 Å². The first-order valence-corrected chi connectivity index (χ1v) is 9.88. The third-order valence-corrected chi connectivity index (χ3v) is 5.21. The molecule has 6 heteroatoms. The number of ether oxygens (including phenoxy) is 3. The van der Waals surface area contributed by atoms with Crippen LogP contribution in [0.2, 0.25) is 0 Å². The van der Waals surface area contributed by atoms with Crippen molar-refractivity contribution in [3.63, 3.8) is 0 Å². The van der Waals surface area contributed by atoms with Crippen LogP contribution in [0.4, 0.5) is 4.79 Å². The van der Waals surface area contributed by atoms with Gasteiger partial charge in [-0.25, -0.2) is 9.59 Å². The molecule has 0 aliphatic heterocycles. The van der Waals surface area contributed by atoms with E-state index in [4.69, 9.17) is 14.2 Å². The lowest BCUT2D eigenvalue weighted by atomic mass is 9.81. The van der Waals surface area contributed by atoms with E-state index in [1.165, 1.54) is 7.11 Å². The molecule has 0 unspecified atom stereocenters. The molecule has 28 heavy (non-hydrogen) atoms. The van der Waals surface area contributed by atoms with Crippen molar-refractivity contribution in [2.24, 2.45) is 5.92 Å². The topological polar surface area (TPSA) is 73.9 Å². The lowest BCUT2D eigenvalue weighted by molar-refractivity contribution is 0.0486. The van der Waals surface area contributed by atoms with Gasteiger partial charge >= 0.3 is 12.1 Å². The molecule has 6 nitrogen and oxygen atoms in total. The predicted molar refractivity (Wildman–Crippen MR) is 108 cm³/mol. The Morgan fingerprint density at radius 2 is 1.75 bits per heavy atom. The quantitative estimate of drug-likeness (QED) is 0.752. The number of methoxy groups -OCH3 is 2. The van der Waals surface area contributed by atoms with Crippen LogP contribution in [0, 0.1) is 12.8 Å². The van der Waals surface area contributed by atoms with Crippen molar-refractivity contribution in [3.05, 3.63) is 28.8 Å². The van der Waals surface area contributed by atoms with E-state index in [1.54, 1.807) is 13.2 Å². The number of alkyl carbamates (subject to hydrolysis) is 1. The Hall–Kier alpha value is -2.24. The van der Waals surface area contributed by atoms with E-state index in [0.717, 1.165) is 43.2 Å². The molecule has 0 aromatic heterocycles. The Balaban J connectivity index is 1.97. The first kappa shape index (κ1) is 22.1. The van der Waals surface area contributed by atoms with Gasteiger partial charge in [0, 0.05) is 6.04 Å². The molecule has 1 amide bonds. The second-order valence-corrected chi connectivity index (χ2v) is 8.52. The summed E-state index contributed by atoms with van der Waals surface area (Å²) in [5.74, 6) is 0.831. The van der Waals surface area contributed by atoms with Crippen molar-refractivity contribution < 1.29 is 23.8 Å². The van der Waals surface area contributed by atoms with Crippen LogP contribution in [-0.4, -0.2) is 37.9 Å². The summed E-state index contributed by atoms with van der Waals surface area (Å²) in [7, 11) is 2.99. The maximum atomic E-state index is 12.1. The number of benzene rings is 1. The highest BCUT2D eigenvalue weighted by Gasteiger charge is 2.26. The molecule has 0 saturated heterocycles. The molecule has 1 aliphatic rings. The summed E-state index contributed by atoms with van der Waals surface area (Å²) in [5, 5.41) is 2.98. The van der Waals surface area contributed by atoms with Crippen molar-refractivity contribution >= 4 is 12.1 Å². The summed E-state index contributed by atoms with van der Waals surface area (Å²) in [5.41, 5.74) is 2.13. The summed E-state index contributed by atoms with van der Waals surface area (Å²) in [4.78, 5) is 24.0. The molecule has 1 aromatic carbocycles. The fourth-order valence-electron chi connectivity index (χ4n) is 3.69. The van der Waals surface area contributed by atoms with Crippen molar-refractivity contribution in [2.45, 2.75) is 71.4 Å². The molecule has 1 aromatic rings. The Bertz CT molecular complexity index is 700. The number of hydrogen-bond acceptors (Lipinski definition) is 5. The average Bonchev–Trinajstić information content (AvgIpc) is 2.62. The van der Waals surface area contributed by atoms with Crippen molar-refractivity contribution in [2.75, 3.05) is 14.2 Å². The van der Waals surface area contributed by atoms with Crippen LogP contribution >= 0.6 is 0 Å². The van der Waals surface area contributed by atoms with Gasteiger partial charge in [-0.2, -0.15) is 0 Å². The average molecular weight is 392 g/mol. The van der Waals surface area contributed by atoms with Gasteiger partial charge in [0.05, 0.1) is 19.8 Å². The van der Waals surface area contributed by atoms with E-state index in [-0.39, 0.29) is 18.1 Å². The second-order valence-electron chi connectivity index (χ2n) is 8.52. The lowest BCUT2D eigenvalue weighted by Crippen LogP contribution is -2.41. The lowest BCUT2D eigenvalue weighted by Gasteiger charge is -2.30. The maximum absolute atomic E-state index is 12.1. The molecule has 0 bridgehead atoms. The fourth-order valence-corrected chi connectivity index (χ4v) is 3.69. The van der Waals surface area contributed by atoms with Gasteiger partial charge in [0.25, 0.3) is 0 Å². The zero-order valence-corrected chi connectivity index (χ0v) is 17.9. The third kappa shape index (κ3) is 6.14. The van der Waals surface area contributed by atoms with E-state index in [2.05, 4.69) is 5.32 Å². The van der Waals surface area contributed by atoms with Crippen LogP contribution in [0.3, 0.4) is 0 Å². The number of amides is 1. The number of hydrogen-bond donors (Lipinski definition) is 1. The van der Waals surface area contributed by atoms with Gasteiger partial charge in [-0.3, -0.25) is 0 Å². The van der Waals surface area contributed by atoms with Crippen molar-refractivity contribution in [3.8, 4) is 5.75 Å². The van der Waals surface area contributed by atoms with Gasteiger partial charge in [0.2, 0.25) is 0 Å². The highest BCUT2D eigenvalue weighted by Crippen LogP contribution is 2.31. The minimum absolute atomic E-state index is 0.156. The second kappa shape index (κ2) is 9.30. The van der Waals surface area contributed by atoms with Crippen LogP contribution in [0.5, 0.6) is 5.75 Å². The van der Waals surface area contributed by atoms with Crippen LogP contribution < -0.4 is 10.1 Å². The molecular weight excluding hydrogens is 358 g/mol. The molecule has 1 N–H and O–H groups in total. The largest absolute Gasteiger partial charge is 0.497 e. The van der Waals surface area contributed by atoms with Crippen LogP contribution in [0.15, 0.2) is 12.1 Å². The Labute approximate surface area is 167 Å². The molecule has 0 heterocycles. The van der Waals surface area contributed by atoms with Gasteiger partial charge in [-0.05, 0) is 89.0 Å². The van der Waals surface area contributed by atoms with Crippen molar-refractivity contribution in [1.82, 2.24) is 5.32 Å². The first-order chi connectivity index (χ1) is 13.1. The minimum Gasteiger partial charge on any atom is -0.497 e. The van der Waals surface area contributed by atoms with Gasteiger partial charge in [-0.15, -0.1) is 0 Å². The smallest absolute Gasteiger partial charge is 0.407 e. The first-order valence-electron chi connectivity index (χ1n) is 9.88. The van der Waals surface area contributed by atoms with Crippen LogP contribution in [0.25, 0.3) is 0 Å². The Morgan fingerprint density at radius 1 is 1.11 bits per heavy atom. The highest BCUT2D eigenvalue weighted by molar-refractivity contribution is 5.91. The highest BCUT2D eigenvalue weighted by atomic mass is 16.6. The van der Waals surface area contributed by atoms with Crippen LogP contribution in [0.1, 0.15) is 67.9 Å². The molecule has 1 saturated carbocycles. The van der Waals surface area contributed by atoms with E-state index >= 15 is 0 Å². The van der Waals surface area contributed by atoms with Gasteiger partial charge < -0.3 is 19.5 Å². The molecule has 0 atom stereocenters. The molecule has 0 radical (unpaired) electrons. The zero-order valence-electron chi connectivity index (χ0n) is 17.9. The number of esters is 1. The zero-order chi connectivity index (χ0) is 20.9. The number of rotatable bonds is 5. The summed E-state index contributed by atoms with van der Waals surface area (Å²) < 4.78 is 15.6. The van der Waals surface area contributed by atoms with E-state index in [1.807, 2.05) is 33.8 Å². The standard InChI is InChI=1S/C22H33NO5/c1-14-16(12-18(26-5)13-19(14)20(24)27-6)11-15-7-9-17(10-8-15)23-21(25)28-22(2,3)4/h12-13,15,17H,7-11H2,1-6H3,(H,23,25). The fraction of sp³-hybridized carbons (Fsp3) is 0.636. The number of nitrogens with one attached hydrogen (secondary N) is 1. The summed E-state index contributed by atoms with van der Waals surface area (Å²) in [6, 6.07) is 3.89. The van der Waals surface area contributed by atoms with E-state index < -0.39 is 5.60 Å². The molecule has 0 spiro atoms. The maximum Gasteiger partial charge on any atom is 0.407 e. The summed E-state index contributed by atoms with van der Waals surface area (Å²) in [6.45, 7) is 7.55. The predicted octanol–water partition coefficient (Wildman–Crippen LogP) is 4.42.